The SMILES string of the molecule is CCC1=C(C)C2=Cc3[nH]c(c(C)c3CC)C(c3ccccc3)=C3N=C(C(CC)=C3C)/C(=C\O)C3=NC(=C(/C=C/C=O)C1=N2)C(CC)=C3C. The molecule has 4 aliphatic heterocycles. The third-order valence-corrected chi connectivity index (χ3v) is 10.1. The number of hydrogen-bond acceptors (Lipinski definition) is 5. The Morgan fingerprint density at radius 3 is 2.04 bits per heavy atom. The third kappa shape index (κ3) is 5.11. The average molecular weight is 637 g/mol. The highest BCUT2D eigenvalue weighted by Gasteiger charge is 2.34. The van der Waals surface area contributed by atoms with E-state index in [0.29, 0.717) is 11.3 Å². The van der Waals surface area contributed by atoms with Crippen molar-refractivity contribution in [3.05, 3.63) is 139 Å². The second kappa shape index (κ2) is 13.2. The molecule has 0 amide bonds. The molecule has 0 saturated carbocycles. The van der Waals surface area contributed by atoms with Crippen molar-refractivity contribution in [3.63, 3.8) is 0 Å². The maximum atomic E-state index is 11.7. The van der Waals surface area contributed by atoms with Gasteiger partial charge in [-0.25, -0.2) is 15.0 Å². The van der Waals surface area contributed by atoms with Crippen LogP contribution in [0.3, 0.4) is 0 Å². The zero-order valence-corrected chi connectivity index (χ0v) is 29.3. The Balaban J connectivity index is 1.82. The number of H-pyrrole nitrogens is 1. The number of aliphatic imine (C=N–C) groups is 3. The molecule has 2 N–H and O–H groups in total. The molecule has 0 spiro atoms. The highest BCUT2D eigenvalue weighted by molar-refractivity contribution is 6.37. The standard InChI is InChI=1S/C42H44N4O2/c1-9-28-24(6)38-36(27-17-14-13-15-18-27)39-26(8)31(12-4)42(46-39)33(22-48)37-25(7)30(11-3)41(45-37)32(19-16-20-47)40-29(10-2)23(5)34(43-40)21-35(28)44-38/h13-22,44,48H,9-12H2,1-8H3/b19-16+,33-22-,34-21?,39-36?,41-32?. The van der Waals surface area contributed by atoms with Crippen molar-refractivity contribution in [1.82, 2.24) is 4.98 Å². The number of aromatic nitrogens is 1. The van der Waals surface area contributed by atoms with Gasteiger partial charge in [0.15, 0.2) is 0 Å². The van der Waals surface area contributed by atoms with E-state index in [9.17, 15) is 9.90 Å². The van der Waals surface area contributed by atoms with Crippen LogP contribution in [-0.4, -0.2) is 33.5 Å². The number of aromatic amines is 1. The smallest absolute Gasteiger partial charge is 0.142 e. The van der Waals surface area contributed by atoms with E-state index in [-0.39, 0.29) is 0 Å². The monoisotopic (exact) mass is 636 g/mol. The van der Waals surface area contributed by atoms with Gasteiger partial charge in [-0.15, -0.1) is 0 Å². The highest BCUT2D eigenvalue weighted by atomic mass is 16.2. The lowest BCUT2D eigenvalue weighted by molar-refractivity contribution is -0.104. The van der Waals surface area contributed by atoms with E-state index in [0.717, 1.165) is 128 Å². The number of aliphatic hydroxyl groups excluding tert-OH is 1. The molecule has 1 aromatic heterocycles. The molecule has 6 heteroatoms. The van der Waals surface area contributed by atoms with Gasteiger partial charge in [-0.2, -0.15) is 0 Å². The van der Waals surface area contributed by atoms with Gasteiger partial charge in [0.25, 0.3) is 0 Å². The van der Waals surface area contributed by atoms with E-state index in [4.69, 9.17) is 15.0 Å². The first-order valence-corrected chi connectivity index (χ1v) is 17.1. The van der Waals surface area contributed by atoms with Gasteiger partial charge >= 0.3 is 0 Å². The van der Waals surface area contributed by atoms with Crippen molar-refractivity contribution in [2.24, 2.45) is 15.0 Å². The first-order chi connectivity index (χ1) is 23.2. The van der Waals surface area contributed by atoms with Crippen LogP contribution in [0, 0.1) is 6.92 Å². The normalized spacial score (nSPS) is 19.0. The lowest BCUT2D eigenvalue weighted by atomic mass is 9.90. The number of hydrogen-bond donors (Lipinski definition) is 2. The Kier molecular flexibility index (Phi) is 9.02. The van der Waals surface area contributed by atoms with Crippen molar-refractivity contribution in [2.45, 2.75) is 81.1 Å². The molecule has 244 valence electrons. The average Bonchev–Trinajstić information content (AvgIpc) is 3.79. The van der Waals surface area contributed by atoms with Gasteiger partial charge in [-0.3, -0.25) is 4.79 Å². The Labute approximate surface area is 283 Å². The van der Waals surface area contributed by atoms with E-state index in [1.165, 1.54) is 17.2 Å². The molecular weight excluding hydrogens is 592 g/mol. The Morgan fingerprint density at radius 2 is 1.42 bits per heavy atom. The molecule has 2 aromatic rings. The summed E-state index contributed by atoms with van der Waals surface area (Å²) in [4.78, 5) is 31.5. The summed E-state index contributed by atoms with van der Waals surface area (Å²) in [6.45, 7) is 17.1. The first-order valence-electron chi connectivity index (χ1n) is 17.1. The summed E-state index contributed by atoms with van der Waals surface area (Å²) in [5.41, 5.74) is 19.2. The lowest BCUT2D eigenvalue weighted by Crippen LogP contribution is -2.14. The van der Waals surface area contributed by atoms with Crippen molar-refractivity contribution in [2.75, 3.05) is 0 Å². The van der Waals surface area contributed by atoms with Crippen LogP contribution < -0.4 is 0 Å². The van der Waals surface area contributed by atoms with E-state index in [1.54, 1.807) is 0 Å². The first kappa shape index (κ1) is 32.8. The van der Waals surface area contributed by atoms with Crippen LogP contribution in [0.2, 0.25) is 0 Å². The molecule has 5 heterocycles. The molecule has 0 aliphatic carbocycles. The minimum atomic E-state index is 0.590. The predicted octanol–water partition coefficient (Wildman–Crippen LogP) is 9.99. The van der Waals surface area contributed by atoms with Crippen LogP contribution in [0.1, 0.15) is 95.8 Å². The van der Waals surface area contributed by atoms with Gasteiger partial charge in [0.05, 0.1) is 51.8 Å². The van der Waals surface area contributed by atoms with E-state index in [2.05, 4.69) is 90.7 Å². The van der Waals surface area contributed by atoms with Crippen molar-refractivity contribution in [3.8, 4) is 0 Å². The van der Waals surface area contributed by atoms with Crippen LogP contribution in [0.15, 0.2) is 125 Å². The molecule has 48 heavy (non-hydrogen) atoms. The fraction of sp³-hybridized carbons (Fsp3) is 0.286. The van der Waals surface area contributed by atoms with Crippen LogP contribution in [-0.2, 0) is 11.2 Å². The fourth-order valence-corrected chi connectivity index (χ4v) is 7.65. The second-order valence-electron chi connectivity index (χ2n) is 12.5. The zero-order valence-electron chi connectivity index (χ0n) is 29.3. The van der Waals surface area contributed by atoms with Gasteiger partial charge in [-0.05, 0) is 122 Å². The Morgan fingerprint density at radius 1 is 0.750 bits per heavy atom. The fourth-order valence-electron chi connectivity index (χ4n) is 7.65. The summed E-state index contributed by atoms with van der Waals surface area (Å²) >= 11 is 0. The summed E-state index contributed by atoms with van der Waals surface area (Å²) < 4.78 is 0. The molecular formula is C42H44N4O2. The maximum Gasteiger partial charge on any atom is 0.142 e. The summed E-state index contributed by atoms with van der Waals surface area (Å²) in [6, 6.07) is 10.4. The topological polar surface area (TPSA) is 90.2 Å². The number of nitrogens with one attached hydrogen (secondary N) is 1. The van der Waals surface area contributed by atoms with Crippen LogP contribution in [0.4, 0.5) is 0 Å². The van der Waals surface area contributed by atoms with Crippen molar-refractivity contribution >= 4 is 35.1 Å². The molecule has 0 fully saturated rings. The van der Waals surface area contributed by atoms with Crippen LogP contribution in [0.5, 0.6) is 0 Å². The Hall–Kier alpha value is -5.10. The summed E-state index contributed by atoms with van der Waals surface area (Å²) in [6.07, 6.45) is 10.6. The minimum Gasteiger partial charge on any atom is -0.515 e. The zero-order chi connectivity index (χ0) is 34.3. The molecule has 1 aromatic carbocycles. The summed E-state index contributed by atoms with van der Waals surface area (Å²) in [7, 11) is 0. The number of benzene rings is 1. The Bertz CT molecular complexity index is 2090. The van der Waals surface area contributed by atoms with Crippen LogP contribution in [0.25, 0.3) is 11.6 Å². The van der Waals surface area contributed by atoms with Gasteiger partial charge in [-0.1, -0.05) is 58.0 Å². The molecule has 6 nitrogen and oxygen atoms in total. The van der Waals surface area contributed by atoms with Crippen LogP contribution >= 0.6 is 0 Å². The summed E-state index contributed by atoms with van der Waals surface area (Å²) in [5.74, 6) is 0. The maximum absolute atomic E-state index is 11.7. The van der Waals surface area contributed by atoms with E-state index in [1.807, 2.05) is 12.1 Å². The molecule has 6 rings (SSSR count). The van der Waals surface area contributed by atoms with E-state index < -0.39 is 0 Å². The lowest BCUT2D eigenvalue weighted by Gasteiger charge is -2.12. The largest absolute Gasteiger partial charge is 0.515 e. The number of allylic oxidation sites excluding steroid dienone is 10. The van der Waals surface area contributed by atoms with Crippen molar-refractivity contribution < 1.29 is 9.90 Å². The van der Waals surface area contributed by atoms with Crippen molar-refractivity contribution in [1.29, 1.82) is 0 Å². The minimum absolute atomic E-state index is 0.590. The second-order valence-corrected chi connectivity index (χ2v) is 12.5. The predicted molar refractivity (Wildman–Crippen MR) is 200 cm³/mol. The number of aldehydes is 1. The molecule has 0 unspecified atom stereocenters. The van der Waals surface area contributed by atoms with Gasteiger partial charge in [0.2, 0.25) is 0 Å². The van der Waals surface area contributed by atoms with Gasteiger partial charge in [0, 0.05) is 16.8 Å². The molecule has 4 aliphatic rings. The third-order valence-electron chi connectivity index (χ3n) is 10.1. The summed E-state index contributed by atoms with van der Waals surface area (Å²) in [5, 5.41) is 11.0. The number of nitrogens with zero attached hydrogens (tertiary/aromatic N) is 3. The number of fused-ring (bicyclic) bond motifs is 5. The molecule has 0 saturated heterocycles. The molecule has 0 radical (unpaired) electrons. The number of aliphatic hydroxyl groups is 1. The van der Waals surface area contributed by atoms with Gasteiger partial charge in [0.1, 0.15) is 6.29 Å². The number of carbonyl (C=O) groups excluding carboxylic acids is 1. The number of carbonyl (C=O) groups is 1. The van der Waals surface area contributed by atoms with E-state index >= 15 is 0 Å². The van der Waals surface area contributed by atoms with Gasteiger partial charge < -0.3 is 10.1 Å². The molecule has 8 bridgehead atoms. The molecule has 0 atom stereocenters. The highest BCUT2D eigenvalue weighted by Crippen LogP contribution is 2.44. The quantitative estimate of drug-likeness (QED) is 0.180. The number of rotatable bonds is 7.